The van der Waals surface area contributed by atoms with Crippen LogP contribution in [0.15, 0.2) is 4.52 Å². The number of aliphatic hydroxyl groups is 1. The molecule has 1 N–H and O–H groups in total. The summed E-state index contributed by atoms with van der Waals surface area (Å²) >= 11 is 0. The van der Waals surface area contributed by atoms with Gasteiger partial charge >= 0.3 is 0 Å². The molecule has 4 rings (SSSR count). The van der Waals surface area contributed by atoms with Crippen molar-refractivity contribution in [1.82, 2.24) is 15.0 Å². The van der Waals surface area contributed by atoms with Crippen molar-refractivity contribution in [2.45, 2.75) is 44.9 Å². The van der Waals surface area contributed by atoms with Gasteiger partial charge in [-0.15, -0.1) is 0 Å². The number of aliphatic hydroxyl groups excluding tert-OH is 1. The molecule has 0 spiro atoms. The van der Waals surface area contributed by atoms with E-state index < -0.39 is 0 Å². The number of likely N-dealkylation sites (tertiary alicyclic amines) is 1. The average molecular weight is 249 g/mol. The molecule has 5 nitrogen and oxygen atoms in total. The standard InChI is InChI=1S/C13H19N3O2/c1-2-11-14-10(15-18-11)6-16-5-8-3-7-4-9(8)12(16)13(7)17/h7-9,12-13,17H,2-6H2,1H3. The van der Waals surface area contributed by atoms with Crippen LogP contribution < -0.4 is 0 Å². The van der Waals surface area contributed by atoms with Gasteiger partial charge in [-0.3, -0.25) is 4.90 Å². The second kappa shape index (κ2) is 3.78. The van der Waals surface area contributed by atoms with Crippen molar-refractivity contribution in [3.63, 3.8) is 0 Å². The van der Waals surface area contributed by atoms with Crippen LogP contribution in [0.4, 0.5) is 0 Å². The van der Waals surface area contributed by atoms with E-state index in [9.17, 15) is 5.11 Å². The van der Waals surface area contributed by atoms with Crippen LogP contribution in [0.5, 0.6) is 0 Å². The van der Waals surface area contributed by atoms with Crippen molar-refractivity contribution in [3.8, 4) is 0 Å². The van der Waals surface area contributed by atoms with Crippen LogP contribution in [0.1, 0.15) is 31.5 Å². The van der Waals surface area contributed by atoms with Gasteiger partial charge in [0, 0.05) is 19.0 Å². The third kappa shape index (κ3) is 1.40. The Bertz CT molecular complexity index is 459. The minimum absolute atomic E-state index is 0.133. The second-order valence-corrected chi connectivity index (χ2v) is 6.02. The molecule has 18 heavy (non-hydrogen) atoms. The Hall–Kier alpha value is -0.940. The molecule has 3 fully saturated rings. The molecule has 1 aromatic heterocycles. The van der Waals surface area contributed by atoms with Gasteiger partial charge < -0.3 is 9.63 Å². The molecular weight excluding hydrogens is 230 g/mol. The molecule has 2 aliphatic carbocycles. The SMILES string of the molecule is CCc1nc(CN2CC3CC4CC3C2C4O)no1. The minimum atomic E-state index is -0.133. The predicted molar refractivity (Wildman–Crippen MR) is 63.6 cm³/mol. The van der Waals surface area contributed by atoms with E-state index in [0.717, 1.165) is 31.3 Å². The van der Waals surface area contributed by atoms with Gasteiger partial charge in [0.1, 0.15) is 0 Å². The lowest BCUT2D eigenvalue weighted by Crippen LogP contribution is -2.40. The molecule has 2 bridgehead atoms. The van der Waals surface area contributed by atoms with Crippen molar-refractivity contribution < 1.29 is 9.63 Å². The maximum absolute atomic E-state index is 10.3. The van der Waals surface area contributed by atoms with E-state index in [-0.39, 0.29) is 6.10 Å². The molecule has 0 aromatic carbocycles. The number of hydrogen-bond donors (Lipinski definition) is 1. The molecule has 1 aromatic rings. The fourth-order valence-electron chi connectivity index (χ4n) is 4.40. The van der Waals surface area contributed by atoms with Crippen molar-refractivity contribution in [2.75, 3.05) is 6.54 Å². The Morgan fingerprint density at radius 2 is 2.28 bits per heavy atom. The van der Waals surface area contributed by atoms with Crippen molar-refractivity contribution in [3.05, 3.63) is 11.7 Å². The van der Waals surface area contributed by atoms with Crippen LogP contribution in [0.3, 0.4) is 0 Å². The summed E-state index contributed by atoms with van der Waals surface area (Å²) in [6.45, 7) is 3.84. The van der Waals surface area contributed by atoms with Crippen LogP contribution in [0, 0.1) is 17.8 Å². The monoisotopic (exact) mass is 249 g/mol. The van der Waals surface area contributed by atoms with Gasteiger partial charge in [-0.1, -0.05) is 12.1 Å². The van der Waals surface area contributed by atoms with Crippen LogP contribution in [-0.4, -0.2) is 38.8 Å². The lowest BCUT2D eigenvalue weighted by Gasteiger charge is -2.27. The summed E-state index contributed by atoms with van der Waals surface area (Å²) in [7, 11) is 0. The molecule has 5 atom stereocenters. The van der Waals surface area contributed by atoms with E-state index in [1.807, 2.05) is 6.92 Å². The molecule has 2 saturated carbocycles. The zero-order chi connectivity index (χ0) is 12.3. The summed E-state index contributed by atoms with van der Waals surface area (Å²) in [5, 5.41) is 14.3. The summed E-state index contributed by atoms with van der Waals surface area (Å²) in [5.41, 5.74) is 0. The van der Waals surface area contributed by atoms with Crippen molar-refractivity contribution >= 4 is 0 Å². The summed E-state index contributed by atoms with van der Waals surface area (Å²) in [6, 6.07) is 0.345. The number of nitrogens with zero attached hydrogens (tertiary/aromatic N) is 3. The topological polar surface area (TPSA) is 62.4 Å². The Labute approximate surface area is 106 Å². The largest absolute Gasteiger partial charge is 0.391 e. The van der Waals surface area contributed by atoms with Gasteiger partial charge in [0.15, 0.2) is 5.82 Å². The van der Waals surface area contributed by atoms with E-state index in [1.54, 1.807) is 0 Å². The molecule has 98 valence electrons. The molecule has 5 unspecified atom stereocenters. The Morgan fingerprint density at radius 1 is 1.39 bits per heavy atom. The van der Waals surface area contributed by atoms with Crippen LogP contribution in [0.2, 0.25) is 0 Å². The van der Waals surface area contributed by atoms with E-state index in [1.165, 1.54) is 12.8 Å². The number of aromatic nitrogens is 2. The third-order valence-corrected chi connectivity index (χ3v) is 5.11. The van der Waals surface area contributed by atoms with E-state index in [0.29, 0.717) is 23.8 Å². The van der Waals surface area contributed by atoms with Gasteiger partial charge in [0.25, 0.3) is 0 Å². The molecule has 2 heterocycles. The first-order chi connectivity index (χ1) is 8.76. The molecule has 1 aliphatic heterocycles. The number of fused-ring (bicyclic) bond motifs is 1. The van der Waals surface area contributed by atoms with Gasteiger partial charge in [-0.25, -0.2) is 0 Å². The van der Waals surface area contributed by atoms with Crippen LogP contribution >= 0.6 is 0 Å². The lowest BCUT2D eigenvalue weighted by molar-refractivity contribution is 0.0473. The summed E-state index contributed by atoms with van der Waals surface area (Å²) < 4.78 is 5.15. The quantitative estimate of drug-likeness (QED) is 0.860. The third-order valence-electron chi connectivity index (χ3n) is 5.11. The highest BCUT2D eigenvalue weighted by molar-refractivity contribution is 5.11. The molecule has 1 saturated heterocycles. The van der Waals surface area contributed by atoms with Crippen LogP contribution in [-0.2, 0) is 13.0 Å². The molecule has 0 radical (unpaired) electrons. The normalized spacial score (nSPS) is 42.0. The van der Waals surface area contributed by atoms with Crippen molar-refractivity contribution in [1.29, 1.82) is 0 Å². The van der Waals surface area contributed by atoms with Gasteiger partial charge in [-0.05, 0) is 30.6 Å². The van der Waals surface area contributed by atoms with Gasteiger partial charge in [-0.2, -0.15) is 4.98 Å². The average Bonchev–Trinajstić information content (AvgIpc) is 3.04. The maximum atomic E-state index is 10.3. The van der Waals surface area contributed by atoms with Crippen LogP contribution in [0.25, 0.3) is 0 Å². The first-order valence-electron chi connectivity index (χ1n) is 7.00. The molecule has 5 heteroatoms. The number of aryl methyl sites for hydroxylation is 1. The first-order valence-corrected chi connectivity index (χ1v) is 7.00. The molecule has 3 aliphatic rings. The van der Waals surface area contributed by atoms with Gasteiger partial charge in [0.2, 0.25) is 5.89 Å². The lowest BCUT2D eigenvalue weighted by atomic mass is 9.88. The second-order valence-electron chi connectivity index (χ2n) is 6.02. The zero-order valence-corrected chi connectivity index (χ0v) is 10.6. The first kappa shape index (κ1) is 10.9. The zero-order valence-electron chi connectivity index (χ0n) is 10.6. The molecular formula is C13H19N3O2. The molecule has 0 amide bonds. The van der Waals surface area contributed by atoms with Crippen molar-refractivity contribution in [2.24, 2.45) is 17.8 Å². The Morgan fingerprint density at radius 3 is 3.00 bits per heavy atom. The van der Waals surface area contributed by atoms with Gasteiger partial charge in [0.05, 0.1) is 12.6 Å². The van der Waals surface area contributed by atoms with E-state index >= 15 is 0 Å². The number of rotatable bonds is 3. The summed E-state index contributed by atoms with van der Waals surface area (Å²) in [6.07, 6.45) is 3.09. The van der Waals surface area contributed by atoms with E-state index in [2.05, 4.69) is 15.0 Å². The highest BCUT2D eigenvalue weighted by atomic mass is 16.5. The minimum Gasteiger partial charge on any atom is -0.391 e. The Balaban J connectivity index is 1.53. The smallest absolute Gasteiger partial charge is 0.226 e. The highest BCUT2D eigenvalue weighted by Gasteiger charge is 2.58. The fourth-order valence-corrected chi connectivity index (χ4v) is 4.40. The van der Waals surface area contributed by atoms with E-state index in [4.69, 9.17) is 4.52 Å². The maximum Gasteiger partial charge on any atom is 0.226 e. The number of hydrogen-bond acceptors (Lipinski definition) is 5. The Kier molecular flexibility index (Phi) is 2.29. The highest BCUT2D eigenvalue weighted by Crippen LogP contribution is 2.55. The summed E-state index contributed by atoms with van der Waals surface area (Å²) in [4.78, 5) is 6.74. The fraction of sp³-hybridized carbons (Fsp3) is 0.846. The summed E-state index contributed by atoms with van der Waals surface area (Å²) in [5.74, 6) is 3.52. The predicted octanol–water partition coefficient (Wildman–Crippen LogP) is 0.833.